The van der Waals surface area contributed by atoms with E-state index < -0.39 is 11.7 Å². The lowest BCUT2D eigenvalue weighted by Crippen LogP contribution is -2.04. The minimum Gasteiger partial charge on any atom is -0.475 e. The standard InChI is InChI=1S/C21H13Cl2F3N2O/c22-16-9-27-10-17(23)19(16)20-28-18(11-29-20)14-3-1-12(2-4-14)13-5-7-15(8-6-13)21(24,25)26/h1-10,18H,11H2. The van der Waals surface area contributed by atoms with Crippen LogP contribution in [0.15, 0.2) is 65.9 Å². The fraction of sp³-hybridized carbons (Fsp3) is 0.143. The largest absolute Gasteiger partial charge is 0.475 e. The van der Waals surface area contributed by atoms with Gasteiger partial charge in [-0.05, 0) is 28.8 Å². The molecule has 1 atom stereocenters. The molecule has 29 heavy (non-hydrogen) atoms. The monoisotopic (exact) mass is 436 g/mol. The zero-order valence-electron chi connectivity index (χ0n) is 14.8. The Balaban J connectivity index is 1.55. The van der Waals surface area contributed by atoms with Gasteiger partial charge in [-0.15, -0.1) is 0 Å². The van der Waals surface area contributed by atoms with Gasteiger partial charge in [0.1, 0.15) is 12.6 Å². The van der Waals surface area contributed by atoms with Gasteiger partial charge in [0.2, 0.25) is 5.90 Å². The summed E-state index contributed by atoms with van der Waals surface area (Å²) in [5, 5.41) is 0.712. The van der Waals surface area contributed by atoms with Crippen LogP contribution in [-0.2, 0) is 10.9 Å². The van der Waals surface area contributed by atoms with Crippen LogP contribution in [0, 0.1) is 0 Å². The Morgan fingerprint density at radius 2 is 1.41 bits per heavy atom. The number of aliphatic imine (C=N–C) groups is 1. The first-order valence-electron chi connectivity index (χ1n) is 8.60. The van der Waals surface area contributed by atoms with Crippen LogP contribution in [0.25, 0.3) is 11.1 Å². The molecular weight excluding hydrogens is 424 g/mol. The summed E-state index contributed by atoms with van der Waals surface area (Å²) in [7, 11) is 0. The molecule has 0 aliphatic carbocycles. The minimum atomic E-state index is -4.35. The van der Waals surface area contributed by atoms with Crippen molar-refractivity contribution in [2.24, 2.45) is 4.99 Å². The number of alkyl halides is 3. The Bertz CT molecular complexity index is 1040. The van der Waals surface area contributed by atoms with E-state index in [4.69, 9.17) is 27.9 Å². The maximum Gasteiger partial charge on any atom is 0.416 e. The Kier molecular flexibility index (Phi) is 5.23. The molecule has 0 amide bonds. The summed E-state index contributed by atoms with van der Waals surface area (Å²) >= 11 is 12.3. The summed E-state index contributed by atoms with van der Waals surface area (Å²) in [6.45, 7) is 0.337. The highest BCUT2D eigenvalue weighted by molar-refractivity contribution is 6.39. The fourth-order valence-corrected chi connectivity index (χ4v) is 3.57. The number of benzene rings is 2. The molecule has 8 heteroatoms. The molecule has 1 aromatic heterocycles. The molecular formula is C21H13Cl2F3N2O. The van der Waals surface area contributed by atoms with E-state index in [-0.39, 0.29) is 6.04 Å². The third-order valence-electron chi connectivity index (χ3n) is 4.56. The van der Waals surface area contributed by atoms with E-state index in [2.05, 4.69) is 9.98 Å². The summed E-state index contributed by atoms with van der Waals surface area (Å²) in [6.07, 6.45) is -1.40. The van der Waals surface area contributed by atoms with Crippen molar-refractivity contribution < 1.29 is 17.9 Å². The number of rotatable bonds is 3. The zero-order valence-corrected chi connectivity index (χ0v) is 16.3. The number of hydrogen-bond donors (Lipinski definition) is 0. The summed E-state index contributed by atoms with van der Waals surface area (Å²) in [6, 6.07) is 12.3. The van der Waals surface area contributed by atoms with E-state index in [1.807, 2.05) is 24.3 Å². The van der Waals surface area contributed by atoms with Crippen LogP contribution in [0.5, 0.6) is 0 Å². The number of pyridine rings is 1. The van der Waals surface area contributed by atoms with Crippen molar-refractivity contribution in [3.05, 3.63) is 87.7 Å². The van der Waals surface area contributed by atoms with Gasteiger partial charge in [-0.2, -0.15) is 13.2 Å². The van der Waals surface area contributed by atoms with Gasteiger partial charge in [-0.3, -0.25) is 4.98 Å². The molecule has 3 nitrogen and oxygen atoms in total. The highest BCUT2D eigenvalue weighted by atomic mass is 35.5. The van der Waals surface area contributed by atoms with Crippen molar-refractivity contribution in [3.63, 3.8) is 0 Å². The van der Waals surface area contributed by atoms with E-state index in [0.717, 1.165) is 23.3 Å². The van der Waals surface area contributed by atoms with E-state index in [0.29, 0.717) is 33.7 Å². The Morgan fingerprint density at radius 3 is 1.97 bits per heavy atom. The van der Waals surface area contributed by atoms with Crippen LogP contribution in [0.3, 0.4) is 0 Å². The molecule has 1 aliphatic rings. The number of nitrogens with zero attached hydrogens (tertiary/aromatic N) is 2. The van der Waals surface area contributed by atoms with Crippen LogP contribution in [-0.4, -0.2) is 17.5 Å². The molecule has 1 unspecified atom stereocenters. The highest BCUT2D eigenvalue weighted by Crippen LogP contribution is 2.33. The van der Waals surface area contributed by atoms with E-state index >= 15 is 0 Å². The van der Waals surface area contributed by atoms with Crippen LogP contribution in [0.2, 0.25) is 10.0 Å². The van der Waals surface area contributed by atoms with Gasteiger partial charge in [-0.1, -0.05) is 59.6 Å². The third-order valence-corrected chi connectivity index (χ3v) is 5.13. The highest BCUT2D eigenvalue weighted by Gasteiger charge is 2.30. The Hall–Kier alpha value is -2.57. The van der Waals surface area contributed by atoms with Gasteiger partial charge in [0, 0.05) is 12.4 Å². The second kappa shape index (κ2) is 7.69. The second-order valence-corrected chi connectivity index (χ2v) is 7.25. The van der Waals surface area contributed by atoms with Crippen molar-refractivity contribution in [2.45, 2.75) is 12.2 Å². The van der Waals surface area contributed by atoms with Crippen molar-refractivity contribution >= 4 is 29.1 Å². The molecule has 1 aliphatic heterocycles. The summed E-state index contributed by atoms with van der Waals surface area (Å²) in [4.78, 5) is 8.48. The lowest BCUT2D eigenvalue weighted by Gasteiger charge is -2.09. The smallest absolute Gasteiger partial charge is 0.416 e. The average Bonchev–Trinajstić information content (AvgIpc) is 3.17. The van der Waals surface area contributed by atoms with Crippen molar-refractivity contribution in [3.8, 4) is 11.1 Å². The topological polar surface area (TPSA) is 34.5 Å². The number of halogens is 5. The van der Waals surface area contributed by atoms with Crippen molar-refractivity contribution in [1.29, 1.82) is 0 Å². The lowest BCUT2D eigenvalue weighted by molar-refractivity contribution is -0.137. The molecule has 0 N–H and O–H groups in total. The lowest BCUT2D eigenvalue weighted by atomic mass is 10.0. The number of ether oxygens (including phenoxy) is 1. The summed E-state index contributed by atoms with van der Waals surface area (Å²) < 4.78 is 43.8. The zero-order chi connectivity index (χ0) is 20.6. The first-order chi connectivity index (χ1) is 13.8. The maximum atomic E-state index is 12.7. The first-order valence-corrected chi connectivity index (χ1v) is 9.36. The minimum absolute atomic E-state index is 0.230. The SMILES string of the molecule is FC(F)(F)c1ccc(-c2ccc(C3COC(c4c(Cl)cncc4Cl)=N3)cc2)cc1. The molecule has 0 bridgehead atoms. The molecule has 3 aromatic rings. The van der Waals surface area contributed by atoms with Gasteiger partial charge >= 0.3 is 6.18 Å². The van der Waals surface area contributed by atoms with Gasteiger partial charge < -0.3 is 4.74 Å². The Morgan fingerprint density at radius 1 is 0.862 bits per heavy atom. The van der Waals surface area contributed by atoms with Crippen LogP contribution in [0.1, 0.15) is 22.7 Å². The molecule has 4 rings (SSSR count). The second-order valence-electron chi connectivity index (χ2n) is 6.44. The average molecular weight is 437 g/mol. The Labute approximate surface area is 174 Å². The molecule has 148 valence electrons. The predicted molar refractivity (Wildman–Crippen MR) is 106 cm³/mol. The number of aromatic nitrogens is 1. The van der Waals surface area contributed by atoms with Gasteiger partial charge in [-0.25, -0.2) is 4.99 Å². The van der Waals surface area contributed by atoms with Crippen LogP contribution in [0.4, 0.5) is 13.2 Å². The molecule has 0 saturated carbocycles. The molecule has 0 fully saturated rings. The first kappa shape index (κ1) is 19.7. The summed E-state index contributed by atoms with van der Waals surface area (Å²) in [5.41, 5.74) is 2.26. The van der Waals surface area contributed by atoms with Gasteiger partial charge in [0.05, 0.1) is 21.2 Å². The fourth-order valence-electron chi connectivity index (χ4n) is 3.05. The normalized spacial score (nSPS) is 16.4. The molecule has 2 aromatic carbocycles. The van der Waals surface area contributed by atoms with E-state index in [9.17, 15) is 13.2 Å². The number of hydrogen-bond acceptors (Lipinski definition) is 3. The molecule has 0 saturated heterocycles. The van der Waals surface area contributed by atoms with Crippen LogP contribution >= 0.6 is 23.2 Å². The predicted octanol–water partition coefficient (Wildman–Crippen LogP) is 6.59. The third kappa shape index (κ3) is 4.09. The molecule has 0 spiro atoms. The van der Waals surface area contributed by atoms with Crippen molar-refractivity contribution in [1.82, 2.24) is 4.98 Å². The molecule has 2 heterocycles. The maximum absolute atomic E-state index is 12.7. The van der Waals surface area contributed by atoms with Gasteiger partial charge in [0.15, 0.2) is 0 Å². The van der Waals surface area contributed by atoms with E-state index in [1.165, 1.54) is 24.5 Å². The summed E-state index contributed by atoms with van der Waals surface area (Å²) in [5.74, 6) is 0.360. The quantitative estimate of drug-likeness (QED) is 0.463. The van der Waals surface area contributed by atoms with Crippen molar-refractivity contribution in [2.75, 3.05) is 6.61 Å². The van der Waals surface area contributed by atoms with Crippen LogP contribution < -0.4 is 0 Å². The van der Waals surface area contributed by atoms with Gasteiger partial charge in [0.25, 0.3) is 0 Å². The van der Waals surface area contributed by atoms with E-state index in [1.54, 1.807) is 0 Å². The molecule has 0 radical (unpaired) electrons.